The highest BCUT2D eigenvalue weighted by molar-refractivity contribution is 6.00. The number of amides is 1. The number of hydrogen-bond donors (Lipinski definition) is 1. The molecule has 0 aromatic heterocycles. The van der Waals surface area contributed by atoms with Gasteiger partial charge in [0.15, 0.2) is 0 Å². The molecule has 1 N–H and O–H groups in total. The number of rotatable bonds is 2. The van der Waals surface area contributed by atoms with E-state index in [9.17, 15) is 23.1 Å². The van der Waals surface area contributed by atoms with Crippen LogP contribution in [0.25, 0.3) is 0 Å². The normalized spacial score (nSPS) is 25.0. The summed E-state index contributed by atoms with van der Waals surface area (Å²) in [5.74, 6) is -0.279. The van der Waals surface area contributed by atoms with Crippen LogP contribution in [0.3, 0.4) is 0 Å². The maximum Gasteiger partial charge on any atom is 0.416 e. The van der Waals surface area contributed by atoms with E-state index in [1.807, 2.05) is 4.90 Å². The summed E-state index contributed by atoms with van der Waals surface area (Å²) >= 11 is 0. The van der Waals surface area contributed by atoms with Crippen molar-refractivity contribution in [3.8, 4) is 0 Å². The fourth-order valence-electron chi connectivity index (χ4n) is 4.04. The number of nitrogens with zero attached hydrogens (tertiary/aromatic N) is 2. The molecule has 3 aliphatic rings. The quantitative estimate of drug-likeness (QED) is 0.888. The summed E-state index contributed by atoms with van der Waals surface area (Å²) in [6, 6.07) is 3.37. The molecule has 25 heavy (non-hydrogen) atoms. The predicted octanol–water partition coefficient (Wildman–Crippen LogP) is 2.90. The Balaban J connectivity index is 1.67. The van der Waals surface area contributed by atoms with Gasteiger partial charge in [-0.25, -0.2) is 0 Å². The molecule has 1 aromatic carbocycles. The van der Waals surface area contributed by atoms with Gasteiger partial charge in [-0.2, -0.15) is 13.2 Å². The molecule has 4 rings (SSSR count). The van der Waals surface area contributed by atoms with Gasteiger partial charge < -0.3 is 14.9 Å². The second kappa shape index (κ2) is 5.62. The maximum atomic E-state index is 13.1. The second-order valence-corrected chi connectivity index (χ2v) is 7.49. The molecule has 0 radical (unpaired) electrons. The Morgan fingerprint density at radius 3 is 2.44 bits per heavy atom. The minimum atomic E-state index is -4.43. The van der Waals surface area contributed by atoms with Crippen LogP contribution < -0.4 is 4.90 Å². The monoisotopic (exact) mass is 354 g/mol. The second-order valence-electron chi connectivity index (χ2n) is 7.49. The summed E-state index contributed by atoms with van der Waals surface area (Å²) in [5.41, 5.74) is -0.232. The highest BCUT2D eigenvalue weighted by Crippen LogP contribution is 2.53. The largest absolute Gasteiger partial charge is 0.416 e. The molecular weight excluding hydrogens is 333 g/mol. The molecule has 1 aromatic rings. The molecule has 1 spiro atoms. The third-order valence-corrected chi connectivity index (χ3v) is 5.79. The molecule has 1 unspecified atom stereocenters. The van der Waals surface area contributed by atoms with Crippen LogP contribution in [0.2, 0.25) is 0 Å². The van der Waals surface area contributed by atoms with Crippen molar-refractivity contribution in [1.82, 2.24) is 4.90 Å². The minimum Gasteiger partial charge on any atom is -0.391 e. The number of benzene rings is 1. The third-order valence-electron chi connectivity index (χ3n) is 5.79. The highest BCUT2D eigenvalue weighted by atomic mass is 19.4. The lowest BCUT2D eigenvalue weighted by atomic mass is 10.0. The summed E-state index contributed by atoms with van der Waals surface area (Å²) < 4.78 is 39.3. The Hall–Kier alpha value is -1.76. The Kier molecular flexibility index (Phi) is 3.76. The number of aliphatic hydroxyl groups excluding tert-OH is 1. The Morgan fingerprint density at radius 1 is 1.20 bits per heavy atom. The molecule has 0 bridgehead atoms. The standard InChI is InChI=1S/C18H21F3N2O2/c19-18(20,21)12-3-4-13(14(9-12)22-7-1-2-8-22)16(25)23-10-15(24)17(11-23)5-6-17/h3-4,9,15,24H,1-2,5-8,10-11H2. The van der Waals surface area contributed by atoms with Crippen molar-refractivity contribution in [2.24, 2.45) is 5.41 Å². The molecular formula is C18H21F3N2O2. The van der Waals surface area contributed by atoms with Crippen molar-refractivity contribution in [3.63, 3.8) is 0 Å². The smallest absolute Gasteiger partial charge is 0.391 e. The summed E-state index contributed by atoms with van der Waals surface area (Å²) in [6.07, 6.45) is -1.32. The summed E-state index contributed by atoms with van der Waals surface area (Å²) in [4.78, 5) is 16.4. The molecule has 1 amide bonds. The molecule has 136 valence electrons. The highest BCUT2D eigenvalue weighted by Gasteiger charge is 2.55. The molecule has 2 saturated heterocycles. The molecule has 2 heterocycles. The Bertz CT molecular complexity index is 694. The molecule has 3 fully saturated rings. The summed E-state index contributed by atoms with van der Waals surface area (Å²) in [7, 11) is 0. The summed E-state index contributed by atoms with van der Waals surface area (Å²) in [5, 5.41) is 10.2. The zero-order valence-corrected chi connectivity index (χ0v) is 13.9. The number of β-amino-alcohol motifs (C(OH)–C–C–N with tert-alkyl or cyclic N) is 1. The van der Waals surface area contributed by atoms with E-state index < -0.39 is 17.8 Å². The maximum absolute atomic E-state index is 13.1. The van der Waals surface area contributed by atoms with Gasteiger partial charge in [-0.15, -0.1) is 0 Å². The van der Waals surface area contributed by atoms with Gasteiger partial charge in [0.05, 0.1) is 22.9 Å². The minimum absolute atomic E-state index is 0.171. The number of likely N-dealkylation sites (tertiary alicyclic amines) is 1. The van der Waals surface area contributed by atoms with E-state index in [1.54, 1.807) is 4.90 Å². The number of aliphatic hydroxyl groups is 1. The molecule has 7 heteroatoms. The zero-order valence-electron chi connectivity index (χ0n) is 13.9. The predicted molar refractivity (Wildman–Crippen MR) is 86.5 cm³/mol. The van der Waals surface area contributed by atoms with Crippen molar-refractivity contribution in [3.05, 3.63) is 29.3 Å². The van der Waals surface area contributed by atoms with Crippen molar-refractivity contribution in [2.75, 3.05) is 31.1 Å². The van der Waals surface area contributed by atoms with Gasteiger partial charge in [-0.1, -0.05) is 0 Å². The lowest BCUT2D eigenvalue weighted by molar-refractivity contribution is -0.137. The van der Waals surface area contributed by atoms with Gasteiger partial charge in [-0.05, 0) is 43.9 Å². The molecule has 1 atom stereocenters. The molecule has 4 nitrogen and oxygen atoms in total. The first-order chi connectivity index (χ1) is 11.8. The first kappa shape index (κ1) is 16.7. The van der Waals surface area contributed by atoms with Crippen LogP contribution in [0.15, 0.2) is 18.2 Å². The number of anilines is 1. The zero-order chi connectivity index (χ0) is 17.8. The average Bonchev–Trinajstić information content (AvgIpc) is 3.01. The van der Waals surface area contributed by atoms with Gasteiger partial charge in [0.2, 0.25) is 0 Å². The third kappa shape index (κ3) is 2.88. The lowest BCUT2D eigenvalue weighted by Gasteiger charge is -2.25. The van der Waals surface area contributed by atoms with Crippen LogP contribution in [-0.2, 0) is 6.18 Å². The molecule has 1 aliphatic carbocycles. The van der Waals surface area contributed by atoms with E-state index in [-0.39, 0.29) is 17.9 Å². The van der Waals surface area contributed by atoms with Crippen LogP contribution in [0, 0.1) is 5.41 Å². The van der Waals surface area contributed by atoms with Gasteiger partial charge >= 0.3 is 6.18 Å². The Labute approximate surface area is 144 Å². The van der Waals surface area contributed by atoms with E-state index in [0.717, 1.165) is 37.8 Å². The Morgan fingerprint density at radius 2 is 1.88 bits per heavy atom. The summed E-state index contributed by atoms with van der Waals surface area (Å²) in [6.45, 7) is 2.08. The van der Waals surface area contributed by atoms with Crippen LogP contribution in [0.1, 0.15) is 41.6 Å². The number of hydrogen-bond acceptors (Lipinski definition) is 3. The van der Waals surface area contributed by atoms with Crippen molar-refractivity contribution in [2.45, 2.75) is 38.0 Å². The van der Waals surface area contributed by atoms with E-state index >= 15 is 0 Å². The lowest BCUT2D eigenvalue weighted by Crippen LogP contribution is -2.32. The first-order valence-electron chi connectivity index (χ1n) is 8.74. The van der Waals surface area contributed by atoms with Crippen LogP contribution >= 0.6 is 0 Å². The first-order valence-corrected chi connectivity index (χ1v) is 8.74. The van der Waals surface area contributed by atoms with Crippen LogP contribution in [0.4, 0.5) is 18.9 Å². The number of carbonyl (C=O) groups excluding carboxylic acids is 1. The van der Waals surface area contributed by atoms with Gasteiger partial charge in [0.25, 0.3) is 5.91 Å². The molecule has 2 aliphatic heterocycles. The van der Waals surface area contributed by atoms with Crippen LogP contribution in [0.5, 0.6) is 0 Å². The van der Waals surface area contributed by atoms with E-state index in [0.29, 0.717) is 30.9 Å². The van der Waals surface area contributed by atoms with Crippen molar-refractivity contribution in [1.29, 1.82) is 0 Å². The van der Waals surface area contributed by atoms with E-state index in [2.05, 4.69) is 0 Å². The van der Waals surface area contributed by atoms with Crippen molar-refractivity contribution < 1.29 is 23.1 Å². The topological polar surface area (TPSA) is 43.8 Å². The van der Waals surface area contributed by atoms with Gasteiger partial charge in [-0.3, -0.25) is 4.79 Å². The van der Waals surface area contributed by atoms with Gasteiger partial charge in [0, 0.05) is 31.6 Å². The van der Waals surface area contributed by atoms with Crippen LogP contribution in [-0.4, -0.2) is 48.2 Å². The van der Waals surface area contributed by atoms with Crippen molar-refractivity contribution >= 4 is 11.6 Å². The fourth-order valence-corrected chi connectivity index (χ4v) is 4.04. The van der Waals surface area contributed by atoms with Gasteiger partial charge in [0.1, 0.15) is 0 Å². The number of alkyl halides is 3. The molecule has 1 saturated carbocycles. The van der Waals surface area contributed by atoms with E-state index in [4.69, 9.17) is 0 Å². The number of carbonyl (C=O) groups is 1. The fraction of sp³-hybridized carbons (Fsp3) is 0.611. The number of halogens is 3. The van der Waals surface area contributed by atoms with E-state index in [1.165, 1.54) is 6.07 Å². The SMILES string of the molecule is O=C(c1ccc(C(F)(F)F)cc1N1CCCC1)N1CC(O)C2(CC2)C1. The average molecular weight is 354 g/mol.